The molecule has 0 aliphatic carbocycles. The second-order valence-electron chi connectivity index (χ2n) is 14.5. The molecule has 50 heavy (non-hydrogen) atoms. The van der Waals surface area contributed by atoms with Gasteiger partial charge in [-0.2, -0.15) is 0 Å². The first-order chi connectivity index (χ1) is 23.3. The first-order valence-corrected chi connectivity index (χ1v) is 17.4. The molecule has 0 saturated heterocycles. The third-order valence-electron chi connectivity index (χ3n) is 8.11. The summed E-state index contributed by atoms with van der Waals surface area (Å²) in [5.74, 6) is -1.52. The van der Waals surface area contributed by atoms with Gasteiger partial charge in [0, 0.05) is 30.5 Å². The lowest BCUT2D eigenvalue weighted by atomic mass is 9.83. The maximum Gasteiger partial charge on any atom is 0.407 e. The van der Waals surface area contributed by atoms with E-state index >= 15 is 0 Å². The fraction of sp³-hybridized carbons (Fsp3) is 0.474. The van der Waals surface area contributed by atoms with Crippen molar-refractivity contribution in [3.05, 3.63) is 88.9 Å². The third kappa shape index (κ3) is 13.4. The average molecular weight is 757 g/mol. The number of methoxy groups -OCH3 is 1. The molecule has 274 valence electrons. The quantitative estimate of drug-likeness (QED) is 0.109. The number of aliphatic hydroxyl groups is 1. The normalized spacial score (nSPS) is 14.0. The predicted molar refractivity (Wildman–Crippen MR) is 200 cm³/mol. The van der Waals surface area contributed by atoms with Gasteiger partial charge in [0.25, 0.3) is 11.8 Å². The zero-order valence-electron chi connectivity index (χ0n) is 30.4. The van der Waals surface area contributed by atoms with Crippen molar-refractivity contribution in [3.63, 3.8) is 0 Å². The zero-order chi connectivity index (χ0) is 37.7. The van der Waals surface area contributed by atoms with Crippen molar-refractivity contribution in [2.24, 2.45) is 10.8 Å². The van der Waals surface area contributed by atoms with E-state index < -0.39 is 46.4 Å². The number of carbonyl (C=O) groups is 4. The number of carbonyl (C=O) groups excluding carboxylic acids is 4. The molecular weight excluding hydrogens is 702 g/mol. The summed E-state index contributed by atoms with van der Waals surface area (Å²) in [7, 11) is 1.23. The van der Waals surface area contributed by atoms with Gasteiger partial charge >= 0.3 is 6.09 Å². The number of ether oxygens (including phenoxy) is 1. The van der Waals surface area contributed by atoms with Crippen LogP contribution in [-0.2, 0) is 32.1 Å². The minimum atomic E-state index is -1.91. The van der Waals surface area contributed by atoms with E-state index in [0.29, 0.717) is 6.54 Å². The van der Waals surface area contributed by atoms with Gasteiger partial charge in [-0.3, -0.25) is 19.8 Å². The van der Waals surface area contributed by atoms with Gasteiger partial charge in [0.15, 0.2) is 0 Å². The summed E-state index contributed by atoms with van der Waals surface area (Å²) in [5.41, 5.74) is 2.22. The number of halogens is 1. The van der Waals surface area contributed by atoms with Crippen LogP contribution in [0.1, 0.15) is 71.1 Å². The van der Waals surface area contributed by atoms with E-state index in [-0.39, 0.29) is 38.3 Å². The van der Waals surface area contributed by atoms with E-state index in [0.717, 1.165) is 21.2 Å². The smallest absolute Gasteiger partial charge is 0.407 e. The molecule has 0 spiro atoms. The van der Waals surface area contributed by atoms with E-state index in [4.69, 9.17) is 4.74 Å². The van der Waals surface area contributed by atoms with E-state index in [1.165, 1.54) is 7.11 Å². The van der Waals surface area contributed by atoms with Crippen LogP contribution in [0.4, 0.5) is 4.79 Å². The van der Waals surface area contributed by atoms with Crippen molar-refractivity contribution in [1.82, 2.24) is 26.4 Å². The van der Waals surface area contributed by atoms with Crippen molar-refractivity contribution >= 4 is 45.8 Å². The van der Waals surface area contributed by atoms with Crippen LogP contribution in [0.25, 0.3) is 6.08 Å². The van der Waals surface area contributed by atoms with Crippen molar-refractivity contribution in [1.29, 1.82) is 0 Å². The second kappa shape index (κ2) is 18.8. The Morgan fingerprint density at radius 2 is 1.44 bits per heavy atom. The Morgan fingerprint density at radius 3 is 1.96 bits per heavy atom. The Bertz CT molecular complexity index is 1470. The molecule has 2 rings (SSSR count). The Labute approximate surface area is 305 Å². The van der Waals surface area contributed by atoms with Gasteiger partial charge in [0.1, 0.15) is 17.7 Å². The van der Waals surface area contributed by atoms with E-state index in [2.05, 4.69) is 50.5 Å². The molecule has 3 atom stereocenters. The van der Waals surface area contributed by atoms with Gasteiger partial charge < -0.3 is 25.8 Å². The second-order valence-corrected chi connectivity index (χ2v) is 15.4. The SMILES string of the molecule is C=CCNC(=O)[C@@H](NC(=O)[C@@](O)(CCCN(Cc1ccc(Br)cc1)NC(=O)[C@@H](NC(=O)OC)C(C)(C)C)Cc1ccc(C=C)cc1)C(C)(C)C. The number of nitrogens with zero attached hydrogens (tertiary/aromatic N) is 1. The fourth-order valence-electron chi connectivity index (χ4n) is 5.23. The van der Waals surface area contributed by atoms with Gasteiger partial charge in [-0.15, -0.1) is 6.58 Å². The number of amides is 4. The highest BCUT2D eigenvalue weighted by molar-refractivity contribution is 9.10. The largest absolute Gasteiger partial charge is 0.453 e. The molecule has 11 nitrogen and oxygen atoms in total. The standard InChI is InChI=1S/C38H54BrN5O6/c1-10-22-40-32(45)30(36(3,4)5)41-34(47)38(49,24-27-15-13-26(11-2)14-16-27)21-12-23-44(25-28-17-19-29(39)20-18-28)43-33(46)31(37(6,7)8)42-35(48)50-9/h10-11,13-20,30-31,49H,1-2,12,21-25H2,3-9H3,(H,40,45)(H,41,47)(H,42,48)(H,43,46)/t30-,31-,38-/m1/s1. The summed E-state index contributed by atoms with van der Waals surface area (Å²) in [5, 5.41) is 22.0. The first-order valence-electron chi connectivity index (χ1n) is 16.6. The summed E-state index contributed by atoms with van der Waals surface area (Å²) in [6.45, 7) is 19.2. The third-order valence-corrected chi connectivity index (χ3v) is 8.64. The minimum Gasteiger partial charge on any atom is -0.453 e. The monoisotopic (exact) mass is 755 g/mol. The number of rotatable bonds is 17. The van der Waals surface area contributed by atoms with Crippen LogP contribution in [0.15, 0.2) is 72.2 Å². The molecule has 0 aliphatic heterocycles. The molecule has 4 amide bonds. The molecular formula is C38H54BrN5O6. The Kier molecular flexibility index (Phi) is 15.9. The molecule has 2 aromatic carbocycles. The van der Waals surface area contributed by atoms with Gasteiger partial charge in [0.2, 0.25) is 5.91 Å². The molecule has 0 saturated carbocycles. The molecule has 0 heterocycles. The molecule has 12 heteroatoms. The Morgan fingerprint density at radius 1 is 0.880 bits per heavy atom. The number of benzene rings is 2. The maximum atomic E-state index is 14.0. The van der Waals surface area contributed by atoms with Crippen LogP contribution in [0.2, 0.25) is 0 Å². The van der Waals surface area contributed by atoms with E-state index in [1.807, 2.05) is 90.1 Å². The lowest BCUT2D eigenvalue weighted by Gasteiger charge is -2.35. The molecule has 0 fully saturated rings. The molecule has 5 N–H and O–H groups in total. The van der Waals surface area contributed by atoms with Crippen LogP contribution in [0.3, 0.4) is 0 Å². The highest BCUT2D eigenvalue weighted by atomic mass is 79.9. The van der Waals surface area contributed by atoms with E-state index in [1.54, 1.807) is 17.2 Å². The van der Waals surface area contributed by atoms with Crippen molar-refractivity contribution in [2.75, 3.05) is 20.2 Å². The van der Waals surface area contributed by atoms with Gasteiger partial charge in [-0.1, -0.05) is 113 Å². The van der Waals surface area contributed by atoms with Crippen molar-refractivity contribution in [3.8, 4) is 0 Å². The highest BCUT2D eigenvalue weighted by Gasteiger charge is 2.41. The summed E-state index contributed by atoms with van der Waals surface area (Å²) in [4.78, 5) is 52.9. The summed E-state index contributed by atoms with van der Waals surface area (Å²) in [6, 6.07) is 13.1. The lowest BCUT2D eigenvalue weighted by molar-refractivity contribution is -0.145. The van der Waals surface area contributed by atoms with Crippen LogP contribution in [0.5, 0.6) is 0 Å². The molecule has 0 radical (unpaired) electrons. The molecule has 2 aromatic rings. The van der Waals surface area contributed by atoms with E-state index in [9.17, 15) is 24.3 Å². The van der Waals surface area contributed by atoms with Crippen LogP contribution in [-0.4, -0.2) is 71.8 Å². The van der Waals surface area contributed by atoms with Gasteiger partial charge in [-0.05, 0) is 52.5 Å². The number of hydrazine groups is 1. The number of hydrogen-bond acceptors (Lipinski definition) is 7. The van der Waals surface area contributed by atoms with Crippen LogP contribution < -0.4 is 21.4 Å². The summed E-state index contributed by atoms with van der Waals surface area (Å²) >= 11 is 3.45. The molecule has 0 unspecified atom stereocenters. The van der Waals surface area contributed by atoms with Gasteiger partial charge in [0.05, 0.1) is 7.11 Å². The zero-order valence-corrected chi connectivity index (χ0v) is 32.0. The van der Waals surface area contributed by atoms with Gasteiger partial charge in [-0.25, -0.2) is 9.80 Å². The van der Waals surface area contributed by atoms with Crippen LogP contribution in [0, 0.1) is 10.8 Å². The number of alkyl carbamates (subject to hydrolysis) is 1. The summed E-state index contributed by atoms with van der Waals surface area (Å²) < 4.78 is 5.66. The Hall–Kier alpha value is -4.00. The Balaban J connectivity index is 2.41. The average Bonchev–Trinajstić information content (AvgIpc) is 3.04. The first kappa shape index (κ1) is 42.2. The fourth-order valence-corrected chi connectivity index (χ4v) is 5.49. The number of hydrogen-bond donors (Lipinski definition) is 5. The lowest BCUT2D eigenvalue weighted by Crippen LogP contribution is -2.59. The molecule has 0 aromatic heterocycles. The molecule has 0 bridgehead atoms. The van der Waals surface area contributed by atoms with Crippen molar-refractivity contribution in [2.45, 2.75) is 85.0 Å². The topological polar surface area (TPSA) is 149 Å². The highest BCUT2D eigenvalue weighted by Crippen LogP contribution is 2.26. The van der Waals surface area contributed by atoms with Crippen molar-refractivity contribution < 1.29 is 29.0 Å². The van der Waals surface area contributed by atoms with Crippen LogP contribution >= 0.6 is 15.9 Å². The molecule has 0 aliphatic rings. The maximum absolute atomic E-state index is 14.0. The number of nitrogens with one attached hydrogen (secondary N) is 4. The minimum absolute atomic E-state index is 0.00298. The summed E-state index contributed by atoms with van der Waals surface area (Å²) in [6.07, 6.45) is 2.79. The predicted octanol–water partition coefficient (Wildman–Crippen LogP) is 5.28.